The maximum absolute atomic E-state index is 12.7. The Kier molecular flexibility index (Phi) is 5.99. The summed E-state index contributed by atoms with van der Waals surface area (Å²) in [5.74, 6) is 0.236. The molecule has 2 aliphatic heterocycles. The summed E-state index contributed by atoms with van der Waals surface area (Å²) < 4.78 is 6.35. The number of benzene rings is 1. The van der Waals surface area contributed by atoms with Crippen LogP contribution in [0.1, 0.15) is 23.8 Å². The van der Waals surface area contributed by atoms with Crippen LogP contribution < -0.4 is 15.0 Å². The maximum atomic E-state index is 12.7. The highest BCUT2D eigenvalue weighted by Crippen LogP contribution is 2.34. The molecule has 1 saturated heterocycles. The molecule has 0 radical (unpaired) electrons. The van der Waals surface area contributed by atoms with Crippen LogP contribution in [-0.4, -0.2) is 49.5 Å². The topological polar surface area (TPSA) is 61.9 Å². The highest BCUT2D eigenvalue weighted by Gasteiger charge is 2.29. The zero-order valence-corrected chi connectivity index (χ0v) is 17.8. The summed E-state index contributed by atoms with van der Waals surface area (Å²) in [5, 5.41) is 5.11. The fraction of sp³-hybridized carbons (Fsp3) is 0.400. The van der Waals surface area contributed by atoms with Gasteiger partial charge in [0.15, 0.2) is 6.61 Å². The number of halogens is 1. The molecule has 6 nitrogen and oxygen atoms in total. The molecule has 1 N–H and O–H groups in total. The third kappa shape index (κ3) is 4.24. The van der Waals surface area contributed by atoms with Crippen molar-refractivity contribution in [1.29, 1.82) is 0 Å². The number of nitrogens with zero attached hydrogens (tertiary/aromatic N) is 2. The van der Waals surface area contributed by atoms with Gasteiger partial charge in [0.1, 0.15) is 12.3 Å². The Morgan fingerprint density at radius 1 is 1.29 bits per heavy atom. The minimum Gasteiger partial charge on any atom is -0.482 e. The summed E-state index contributed by atoms with van der Waals surface area (Å²) in [6.07, 6.45) is 2.40. The second-order valence-electron chi connectivity index (χ2n) is 6.96. The Morgan fingerprint density at radius 2 is 2.11 bits per heavy atom. The molecule has 0 saturated carbocycles. The Balaban J connectivity index is 1.42. The summed E-state index contributed by atoms with van der Waals surface area (Å²) in [6, 6.07) is 9.81. The minimum absolute atomic E-state index is 0.00597. The zero-order chi connectivity index (χ0) is 19.5. The van der Waals surface area contributed by atoms with E-state index in [1.54, 1.807) is 17.4 Å². The number of likely N-dealkylation sites (tertiary alicyclic amines) is 1. The number of ether oxygens (including phenoxy) is 1. The monoisotopic (exact) mass is 463 g/mol. The summed E-state index contributed by atoms with van der Waals surface area (Å²) in [4.78, 5) is 30.2. The van der Waals surface area contributed by atoms with Gasteiger partial charge in [-0.2, -0.15) is 0 Å². The van der Waals surface area contributed by atoms with Gasteiger partial charge in [0.25, 0.3) is 5.91 Å². The molecule has 28 heavy (non-hydrogen) atoms. The quantitative estimate of drug-likeness (QED) is 0.714. The SMILES string of the molecule is O=C(CN1C(=O)COc2cc(Br)ccc21)NCC(c1cccs1)N1CCCC1. The predicted octanol–water partition coefficient (Wildman–Crippen LogP) is 3.19. The lowest BCUT2D eigenvalue weighted by atomic mass is 10.2. The molecule has 148 valence electrons. The highest BCUT2D eigenvalue weighted by atomic mass is 79.9. The van der Waals surface area contributed by atoms with E-state index in [9.17, 15) is 9.59 Å². The first-order valence-corrected chi connectivity index (χ1v) is 11.1. The second-order valence-corrected chi connectivity index (χ2v) is 8.85. The van der Waals surface area contributed by atoms with Gasteiger partial charge in [0.2, 0.25) is 5.91 Å². The molecule has 2 aromatic rings. The van der Waals surface area contributed by atoms with Gasteiger partial charge in [-0.1, -0.05) is 22.0 Å². The van der Waals surface area contributed by atoms with Gasteiger partial charge in [0.05, 0.1) is 11.7 Å². The summed E-state index contributed by atoms with van der Waals surface area (Å²) in [5.41, 5.74) is 0.629. The number of thiophene rings is 1. The molecule has 1 aromatic heterocycles. The van der Waals surface area contributed by atoms with E-state index in [0.29, 0.717) is 18.0 Å². The smallest absolute Gasteiger partial charge is 0.265 e. The number of carbonyl (C=O) groups excluding carboxylic acids is 2. The number of hydrogen-bond donors (Lipinski definition) is 1. The first-order chi connectivity index (χ1) is 13.6. The number of hydrogen-bond acceptors (Lipinski definition) is 5. The van der Waals surface area contributed by atoms with E-state index < -0.39 is 0 Å². The molecule has 3 heterocycles. The van der Waals surface area contributed by atoms with Crippen LogP contribution in [0, 0.1) is 0 Å². The van der Waals surface area contributed by atoms with Crippen LogP contribution in [0.25, 0.3) is 0 Å². The number of nitrogens with one attached hydrogen (secondary N) is 1. The number of rotatable bonds is 6. The molecule has 1 fully saturated rings. The summed E-state index contributed by atoms with van der Waals surface area (Å²) in [6.45, 7) is 2.60. The van der Waals surface area contributed by atoms with Gasteiger partial charge in [-0.05, 0) is 55.6 Å². The van der Waals surface area contributed by atoms with Gasteiger partial charge in [-0.15, -0.1) is 11.3 Å². The van der Waals surface area contributed by atoms with E-state index in [4.69, 9.17) is 4.74 Å². The van der Waals surface area contributed by atoms with Crippen LogP contribution in [0.3, 0.4) is 0 Å². The first kappa shape index (κ1) is 19.4. The van der Waals surface area contributed by atoms with Crippen molar-refractivity contribution in [3.63, 3.8) is 0 Å². The minimum atomic E-state index is -0.209. The van der Waals surface area contributed by atoms with Crippen LogP contribution in [0.4, 0.5) is 5.69 Å². The van der Waals surface area contributed by atoms with Gasteiger partial charge in [-0.3, -0.25) is 19.4 Å². The molecule has 0 spiro atoms. The lowest BCUT2D eigenvalue weighted by Gasteiger charge is -2.30. The van der Waals surface area contributed by atoms with E-state index in [0.717, 1.165) is 17.6 Å². The molecule has 1 atom stereocenters. The number of fused-ring (bicyclic) bond motifs is 1. The molecule has 1 unspecified atom stereocenters. The summed E-state index contributed by atoms with van der Waals surface area (Å²) in [7, 11) is 0. The van der Waals surface area contributed by atoms with E-state index >= 15 is 0 Å². The third-order valence-corrected chi connectivity index (χ3v) is 6.58. The molecule has 8 heteroatoms. The van der Waals surface area contributed by atoms with Crippen LogP contribution in [0.5, 0.6) is 5.75 Å². The molecule has 0 aliphatic carbocycles. The third-order valence-electron chi connectivity index (χ3n) is 5.11. The van der Waals surface area contributed by atoms with Crippen LogP contribution in [-0.2, 0) is 9.59 Å². The van der Waals surface area contributed by atoms with E-state index in [1.165, 1.54) is 22.6 Å². The van der Waals surface area contributed by atoms with Gasteiger partial charge in [-0.25, -0.2) is 0 Å². The fourth-order valence-corrected chi connectivity index (χ4v) is 4.91. The molecular weight excluding hydrogens is 442 g/mol. The molecule has 4 rings (SSSR count). The second kappa shape index (κ2) is 8.63. The number of anilines is 1. The van der Waals surface area contributed by atoms with Crippen molar-refractivity contribution in [2.75, 3.05) is 37.7 Å². The van der Waals surface area contributed by atoms with E-state index in [2.05, 4.69) is 37.6 Å². The van der Waals surface area contributed by atoms with Gasteiger partial charge in [0, 0.05) is 15.9 Å². The van der Waals surface area contributed by atoms with Crippen molar-refractivity contribution in [1.82, 2.24) is 10.2 Å². The summed E-state index contributed by atoms with van der Waals surface area (Å²) >= 11 is 5.12. The normalized spacial score (nSPS) is 17.9. The van der Waals surface area contributed by atoms with Crippen molar-refractivity contribution in [2.24, 2.45) is 0 Å². The number of carbonyl (C=O) groups is 2. The van der Waals surface area contributed by atoms with Gasteiger partial charge >= 0.3 is 0 Å². The van der Waals surface area contributed by atoms with Crippen molar-refractivity contribution < 1.29 is 14.3 Å². The maximum Gasteiger partial charge on any atom is 0.265 e. The highest BCUT2D eigenvalue weighted by molar-refractivity contribution is 9.10. The Morgan fingerprint density at radius 3 is 2.86 bits per heavy atom. The molecule has 2 amide bonds. The lowest BCUT2D eigenvalue weighted by Crippen LogP contribution is -2.46. The Hall–Kier alpha value is -1.90. The largest absolute Gasteiger partial charge is 0.482 e. The first-order valence-electron chi connectivity index (χ1n) is 9.38. The number of amides is 2. The molecule has 0 bridgehead atoms. The van der Waals surface area contributed by atoms with Crippen LogP contribution in [0.2, 0.25) is 0 Å². The Labute approximate surface area is 176 Å². The van der Waals surface area contributed by atoms with Crippen molar-refractivity contribution in [3.05, 3.63) is 45.1 Å². The molecule has 2 aliphatic rings. The molecular formula is C20H22BrN3O3S. The predicted molar refractivity (Wildman–Crippen MR) is 113 cm³/mol. The molecule has 1 aromatic carbocycles. The van der Waals surface area contributed by atoms with Crippen molar-refractivity contribution >= 4 is 44.8 Å². The average molecular weight is 464 g/mol. The standard InChI is InChI=1S/C20H22BrN3O3S/c21-14-5-6-15-17(10-14)27-13-20(26)24(15)12-19(25)22-11-16(18-4-3-9-28-18)23-7-1-2-8-23/h3-6,9-10,16H,1-2,7-8,11-13H2,(H,22,25). The zero-order valence-electron chi connectivity index (χ0n) is 15.4. The van der Waals surface area contributed by atoms with Crippen LogP contribution >= 0.6 is 27.3 Å². The lowest BCUT2D eigenvalue weighted by molar-refractivity contribution is -0.125. The van der Waals surface area contributed by atoms with Crippen molar-refractivity contribution in [3.8, 4) is 5.75 Å². The van der Waals surface area contributed by atoms with Crippen LogP contribution in [0.15, 0.2) is 40.2 Å². The Bertz CT molecular complexity index is 852. The van der Waals surface area contributed by atoms with Gasteiger partial charge < -0.3 is 10.1 Å². The average Bonchev–Trinajstić information content (AvgIpc) is 3.39. The van der Waals surface area contributed by atoms with Crippen molar-refractivity contribution in [2.45, 2.75) is 18.9 Å². The van der Waals surface area contributed by atoms with E-state index in [-0.39, 0.29) is 31.0 Å². The van der Waals surface area contributed by atoms with E-state index in [1.807, 2.05) is 18.2 Å². The fourth-order valence-electron chi connectivity index (χ4n) is 3.71.